The summed E-state index contributed by atoms with van der Waals surface area (Å²) in [6.07, 6.45) is 3.50. The summed E-state index contributed by atoms with van der Waals surface area (Å²) in [4.78, 5) is 22.4. The van der Waals surface area contributed by atoms with E-state index in [0.29, 0.717) is 5.95 Å². The van der Waals surface area contributed by atoms with Crippen molar-refractivity contribution in [2.45, 2.75) is 0 Å². The van der Waals surface area contributed by atoms with Crippen LogP contribution in [0, 0.1) is 0 Å². The van der Waals surface area contributed by atoms with E-state index in [2.05, 4.69) is 14.7 Å². The molecule has 0 unspecified atom stereocenters. The number of esters is 1. The quantitative estimate of drug-likeness (QED) is 0.787. The van der Waals surface area contributed by atoms with Gasteiger partial charge in [-0.1, -0.05) is 6.07 Å². The molecule has 0 fully saturated rings. The van der Waals surface area contributed by atoms with Crippen LogP contribution in [0.4, 0.5) is 5.95 Å². The molecule has 0 amide bonds. The molecule has 0 aliphatic carbocycles. The summed E-state index contributed by atoms with van der Waals surface area (Å²) in [5.41, 5.74) is 0.972. The molecule has 0 aliphatic rings. The molecule has 94 valence electrons. The molecule has 2 rings (SSSR count). The van der Waals surface area contributed by atoms with Crippen LogP contribution in [0.25, 0.3) is 10.4 Å². The van der Waals surface area contributed by atoms with Crippen LogP contribution in [0.15, 0.2) is 29.9 Å². The number of methoxy groups -OCH3 is 1. The number of rotatable bonds is 4. The van der Waals surface area contributed by atoms with Gasteiger partial charge in [0, 0.05) is 29.9 Å². The van der Waals surface area contributed by atoms with Crippen LogP contribution >= 0.6 is 11.3 Å². The van der Waals surface area contributed by atoms with Crippen LogP contribution in [-0.2, 0) is 9.53 Å². The third-order valence-electron chi connectivity index (χ3n) is 2.38. The van der Waals surface area contributed by atoms with Gasteiger partial charge in [0.15, 0.2) is 0 Å². The van der Waals surface area contributed by atoms with Gasteiger partial charge in [-0.15, -0.1) is 11.3 Å². The fourth-order valence-electron chi connectivity index (χ4n) is 1.42. The highest BCUT2D eigenvalue weighted by Crippen LogP contribution is 2.23. The maximum atomic E-state index is 11.1. The Balaban J connectivity index is 2.10. The second-order valence-electron chi connectivity index (χ2n) is 3.68. The third-order valence-corrected chi connectivity index (χ3v) is 3.30. The minimum atomic E-state index is -0.316. The summed E-state index contributed by atoms with van der Waals surface area (Å²) >= 11 is 1.64. The number of likely N-dealkylation sites (N-methyl/N-ethyl adjacent to an activating group) is 1. The Labute approximate surface area is 109 Å². The molecule has 2 heterocycles. The molecule has 0 atom stereocenters. The summed E-state index contributed by atoms with van der Waals surface area (Å²) in [7, 11) is 3.11. The average Bonchev–Trinajstić information content (AvgIpc) is 2.92. The highest BCUT2D eigenvalue weighted by Gasteiger charge is 2.10. The van der Waals surface area contributed by atoms with Crippen LogP contribution in [0.5, 0.6) is 0 Å². The van der Waals surface area contributed by atoms with E-state index in [1.165, 1.54) is 7.11 Å². The molecule has 0 saturated carbocycles. The zero-order chi connectivity index (χ0) is 13.0. The molecular formula is C12H13N3O2S. The largest absolute Gasteiger partial charge is 0.468 e. The molecule has 0 saturated heterocycles. The maximum Gasteiger partial charge on any atom is 0.325 e. The van der Waals surface area contributed by atoms with Crippen molar-refractivity contribution in [1.82, 2.24) is 9.97 Å². The molecule has 0 spiro atoms. The lowest BCUT2D eigenvalue weighted by atomic mass is 10.3. The van der Waals surface area contributed by atoms with E-state index in [1.807, 2.05) is 17.5 Å². The number of ether oxygens (including phenoxy) is 1. The predicted octanol–water partition coefficient (Wildman–Crippen LogP) is 1.81. The number of nitrogens with zero attached hydrogens (tertiary/aromatic N) is 3. The number of carbonyl (C=O) groups is 1. The summed E-state index contributed by atoms with van der Waals surface area (Å²) in [5.74, 6) is 0.184. The molecule has 0 N–H and O–H groups in total. The van der Waals surface area contributed by atoms with E-state index >= 15 is 0 Å². The van der Waals surface area contributed by atoms with Gasteiger partial charge in [0.25, 0.3) is 0 Å². The van der Waals surface area contributed by atoms with Crippen molar-refractivity contribution in [2.24, 2.45) is 0 Å². The molecule has 5 nitrogen and oxygen atoms in total. The van der Waals surface area contributed by atoms with Crippen LogP contribution in [0.1, 0.15) is 0 Å². The SMILES string of the molecule is COC(=O)CN(C)c1ncc(-c2cccs2)cn1. The minimum absolute atomic E-state index is 0.134. The van der Waals surface area contributed by atoms with Gasteiger partial charge in [-0.05, 0) is 11.4 Å². The van der Waals surface area contributed by atoms with Crippen molar-refractivity contribution >= 4 is 23.3 Å². The van der Waals surface area contributed by atoms with Crippen molar-refractivity contribution in [2.75, 3.05) is 25.6 Å². The number of hydrogen-bond donors (Lipinski definition) is 0. The fourth-order valence-corrected chi connectivity index (χ4v) is 2.12. The van der Waals surface area contributed by atoms with Crippen molar-refractivity contribution in [3.63, 3.8) is 0 Å². The topological polar surface area (TPSA) is 55.3 Å². The van der Waals surface area contributed by atoms with Crippen molar-refractivity contribution in [3.8, 4) is 10.4 Å². The van der Waals surface area contributed by atoms with E-state index in [0.717, 1.165) is 10.4 Å². The standard InChI is InChI=1S/C12H13N3O2S/c1-15(8-11(16)17-2)12-13-6-9(7-14-12)10-4-3-5-18-10/h3-7H,8H2,1-2H3. The second-order valence-corrected chi connectivity index (χ2v) is 4.63. The first kappa shape index (κ1) is 12.5. The summed E-state index contributed by atoms with van der Waals surface area (Å²) in [6, 6.07) is 4.00. The van der Waals surface area contributed by atoms with Crippen LogP contribution in [0.2, 0.25) is 0 Å². The molecule has 0 radical (unpaired) electrons. The van der Waals surface area contributed by atoms with Crippen molar-refractivity contribution in [1.29, 1.82) is 0 Å². The van der Waals surface area contributed by atoms with Crippen LogP contribution < -0.4 is 4.90 Å². The summed E-state index contributed by atoms with van der Waals surface area (Å²) < 4.78 is 4.59. The molecule has 0 aliphatic heterocycles. The number of anilines is 1. The third kappa shape index (κ3) is 2.84. The Kier molecular flexibility index (Phi) is 3.88. The normalized spacial score (nSPS) is 10.1. The van der Waals surface area contributed by atoms with Gasteiger partial charge in [0.1, 0.15) is 6.54 Å². The van der Waals surface area contributed by atoms with Gasteiger partial charge >= 0.3 is 5.97 Å². The molecule has 18 heavy (non-hydrogen) atoms. The lowest BCUT2D eigenvalue weighted by Gasteiger charge is -2.14. The number of aromatic nitrogens is 2. The van der Waals surface area contributed by atoms with Gasteiger partial charge in [0.05, 0.1) is 7.11 Å². The Bertz CT molecular complexity index is 511. The Morgan fingerprint density at radius 2 is 2.17 bits per heavy atom. The van der Waals surface area contributed by atoms with Crippen molar-refractivity contribution in [3.05, 3.63) is 29.9 Å². The lowest BCUT2D eigenvalue weighted by Crippen LogP contribution is -2.27. The Morgan fingerprint density at radius 1 is 1.44 bits per heavy atom. The zero-order valence-corrected chi connectivity index (χ0v) is 11.0. The average molecular weight is 263 g/mol. The van der Waals surface area contributed by atoms with Gasteiger partial charge in [-0.3, -0.25) is 4.79 Å². The van der Waals surface area contributed by atoms with E-state index in [-0.39, 0.29) is 12.5 Å². The van der Waals surface area contributed by atoms with E-state index < -0.39 is 0 Å². The number of thiophene rings is 1. The number of carbonyl (C=O) groups excluding carboxylic acids is 1. The minimum Gasteiger partial charge on any atom is -0.468 e. The van der Waals surface area contributed by atoms with E-state index in [1.54, 1.807) is 35.7 Å². The molecule has 0 aromatic carbocycles. The van der Waals surface area contributed by atoms with Crippen molar-refractivity contribution < 1.29 is 9.53 Å². The number of hydrogen-bond acceptors (Lipinski definition) is 6. The highest BCUT2D eigenvalue weighted by atomic mass is 32.1. The van der Waals surface area contributed by atoms with E-state index in [9.17, 15) is 4.79 Å². The molecule has 2 aromatic heterocycles. The van der Waals surface area contributed by atoms with Crippen LogP contribution in [0.3, 0.4) is 0 Å². The molecule has 6 heteroatoms. The maximum absolute atomic E-state index is 11.1. The highest BCUT2D eigenvalue weighted by molar-refractivity contribution is 7.13. The monoisotopic (exact) mass is 263 g/mol. The smallest absolute Gasteiger partial charge is 0.325 e. The predicted molar refractivity (Wildman–Crippen MR) is 70.6 cm³/mol. The van der Waals surface area contributed by atoms with Gasteiger partial charge in [0.2, 0.25) is 5.95 Å². The summed E-state index contributed by atoms with van der Waals surface area (Å²) in [5, 5.41) is 2.01. The van der Waals surface area contributed by atoms with Gasteiger partial charge in [-0.2, -0.15) is 0 Å². The van der Waals surface area contributed by atoms with Gasteiger partial charge in [-0.25, -0.2) is 9.97 Å². The first-order valence-electron chi connectivity index (χ1n) is 5.34. The Morgan fingerprint density at radius 3 is 2.72 bits per heavy atom. The second kappa shape index (κ2) is 5.59. The fraction of sp³-hybridized carbons (Fsp3) is 0.250. The molecule has 0 bridgehead atoms. The summed E-state index contributed by atoms with van der Waals surface area (Å²) in [6.45, 7) is 0.134. The molecule has 2 aromatic rings. The zero-order valence-electron chi connectivity index (χ0n) is 10.2. The first-order valence-corrected chi connectivity index (χ1v) is 6.22. The van der Waals surface area contributed by atoms with Crippen LogP contribution in [-0.4, -0.2) is 36.6 Å². The molecular weight excluding hydrogens is 250 g/mol. The van der Waals surface area contributed by atoms with E-state index in [4.69, 9.17) is 0 Å². The Hall–Kier alpha value is -1.95. The van der Waals surface area contributed by atoms with Gasteiger partial charge < -0.3 is 9.64 Å². The first-order chi connectivity index (χ1) is 8.70. The lowest BCUT2D eigenvalue weighted by molar-refractivity contribution is -0.138.